The number of hydrogen-bond donors (Lipinski definition) is 1. The summed E-state index contributed by atoms with van der Waals surface area (Å²) in [6.45, 7) is 4.92. The third kappa shape index (κ3) is 6.32. The summed E-state index contributed by atoms with van der Waals surface area (Å²) in [4.78, 5) is 14.4. The number of carbonyl (C=O) groups is 1. The molecule has 0 fully saturated rings. The molecule has 0 saturated heterocycles. The van der Waals surface area contributed by atoms with Crippen LogP contribution in [0.5, 0.6) is 0 Å². The van der Waals surface area contributed by atoms with Crippen molar-refractivity contribution >= 4 is 18.3 Å². The zero-order valence-electron chi connectivity index (χ0n) is 13.7. The molecular formula is C18H26ClFN2O. The van der Waals surface area contributed by atoms with Crippen LogP contribution in [0.4, 0.5) is 4.39 Å². The first-order valence-electron chi connectivity index (χ1n) is 8.10. The van der Waals surface area contributed by atoms with Gasteiger partial charge < -0.3 is 10.2 Å². The fourth-order valence-electron chi connectivity index (χ4n) is 2.61. The summed E-state index contributed by atoms with van der Waals surface area (Å²) in [5.74, 6) is -0.136. The fourth-order valence-corrected chi connectivity index (χ4v) is 2.61. The molecule has 23 heavy (non-hydrogen) atoms. The lowest BCUT2D eigenvalue weighted by molar-refractivity contribution is -0.131. The Kier molecular flexibility index (Phi) is 8.89. The molecule has 1 aliphatic heterocycles. The lowest BCUT2D eigenvalue weighted by Gasteiger charge is -2.24. The van der Waals surface area contributed by atoms with Crippen molar-refractivity contribution in [3.05, 3.63) is 47.3 Å². The van der Waals surface area contributed by atoms with E-state index in [1.54, 1.807) is 17.0 Å². The van der Waals surface area contributed by atoms with Gasteiger partial charge in [-0.1, -0.05) is 43.2 Å². The molecule has 0 aromatic heterocycles. The average molecular weight is 341 g/mol. The van der Waals surface area contributed by atoms with E-state index in [1.807, 2.05) is 6.07 Å². The predicted molar refractivity (Wildman–Crippen MR) is 94.2 cm³/mol. The molecule has 3 nitrogen and oxygen atoms in total. The van der Waals surface area contributed by atoms with Gasteiger partial charge in [-0.2, -0.15) is 0 Å². The van der Waals surface area contributed by atoms with Crippen molar-refractivity contribution in [2.24, 2.45) is 0 Å². The van der Waals surface area contributed by atoms with Gasteiger partial charge >= 0.3 is 0 Å². The molecule has 1 N–H and O–H groups in total. The molecule has 0 bridgehead atoms. The molecule has 0 saturated carbocycles. The van der Waals surface area contributed by atoms with E-state index in [1.165, 1.54) is 11.6 Å². The Bertz CT molecular complexity index is 534. The molecule has 0 spiro atoms. The Hall–Kier alpha value is -1.39. The molecule has 1 heterocycles. The first-order chi connectivity index (χ1) is 10.7. The average Bonchev–Trinajstić information content (AvgIpc) is 2.54. The second-order valence-electron chi connectivity index (χ2n) is 5.75. The molecule has 0 radical (unpaired) electrons. The number of rotatable bonds is 7. The lowest BCUT2D eigenvalue weighted by Crippen LogP contribution is -2.33. The molecule has 2 rings (SSSR count). The van der Waals surface area contributed by atoms with Crippen LogP contribution >= 0.6 is 12.4 Å². The number of amides is 1. The highest BCUT2D eigenvalue weighted by Gasteiger charge is 2.17. The number of hydrogen-bond acceptors (Lipinski definition) is 2. The van der Waals surface area contributed by atoms with Crippen LogP contribution in [0.25, 0.3) is 0 Å². The van der Waals surface area contributed by atoms with Crippen LogP contribution in [-0.2, 0) is 11.3 Å². The molecule has 5 heteroatoms. The van der Waals surface area contributed by atoms with Crippen LogP contribution in [-0.4, -0.2) is 30.4 Å². The number of nitrogens with one attached hydrogen (secondary N) is 1. The Morgan fingerprint density at radius 3 is 2.78 bits per heavy atom. The van der Waals surface area contributed by atoms with Gasteiger partial charge in [0.2, 0.25) is 5.91 Å². The molecule has 1 aliphatic rings. The number of carbonyl (C=O) groups excluding carboxylic acids is 1. The third-order valence-corrected chi connectivity index (χ3v) is 3.99. The predicted octanol–water partition coefficient (Wildman–Crippen LogP) is 3.69. The van der Waals surface area contributed by atoms with E-state index >= 15 is 0 Å². The molecule has 128 valence electrons. The summed E-state index contributed by atoms with van der Waals surface area (Å²) in [5, 5.41) is 3.25. The van der Waals surface area contributed by atoms with Crippen molar-refractivity contribution in [3.8, 4) is 0 Å². The minimum absolute atomic E-state index is 0. The van der Waals surface area contributed by atoms with Gasteiger partial charge in [-0.05, 0) is 25.5 Å². The van der Waals surface area contributed by atoms with Gasteiger partial charge in [-0.3, -0.25) is 4.79 Å². The minimum atomic E-state index is -0.238. The molecule has 0 atom stereocenters. The monoisotopic (exact) mass is 340 g/mol. The standard InChI is InChI=1S/C18H25FN2O.ClH/c1-2-3-12-21(14-16-6-4-5-7-17(16)19)18(22)13-15-8-10-20-11-9-15;/h4-8,20H,2-3,9-14H2,1H3;1H. The van der Waals surface area contributed by atoms with Gasteiger partial charge in [0.1, 0.15) is 5.82 Å². The van der Waals surface area contributed by atoms with Crippen LogP contribution in [0.15, 0.2) is 35.9 Å². The number of nitrogens with zero attached hydrogens (tertiary/aromatic N) is 1. The molecule has 1 aromatic carbocycles. The van der Waals surface area contributed by atoms with E-state index in [2.05, 4.69) is 18.3 Å². The Morgan fingerprint density at radius 1 is 1.35 bits per heavy atom. The maximum absolute atomic E-state index is 13.8. The number of benzene rings is 1. The largest absolute Gasteiger partial charge is 0.338 e. The van der Waals surface area contributed by atoms with E-state index in [9.17, 15) is 9.18 Å². The normalized spacial score (nSPS) is 13.9. The van der Waals surface area contributed by atoms with E-state index in [0.29, 0.717) is 25.1 Å². The summed E-state index contributed by atoms with van der Waals surface area (Å²) < 4.78 is 13.8. The molecule has 0 unspecified atom stereocenters. The van der Waals surface area contributed by atoms with Crippen molar-refractivity contribution in [3.63, 3.8) is 0 Å². The summed E-state index contributed by atoms with van der Waals surface area (Å²) in [5.41, 5.74) is 1.78. The maximum Gasteiger partial charge on any atom is 0.226 e. The Labute approximate surface area is 144 Å². The summed E-state index contributed by atoms with van der Waals surface area (Å²) in [6.07, 6.45) is 5.45. The zero-order chi connectivity index (χ0) is 15.8. The Balaban J connectivity index is 0.00000264. The summed E-state index contributed by atoms with van der Waals surface area (Å²) in [7, 11) is 0. The smallest absolute Gasteiger partial charge is 0.226 e. The highest BCUT2D eigenvalue weighted by atomic mass is 35.5. The highest BCUT2D eigenvalue weighted by Crippen LogP contribution is 2.16. The van der Waals surface area contributed by atoms with Gasteiger partial charge in [-0.15, -0.1) is 12.4 Å². The van der Waals surface area contributed by atoms with E-state index < -0.39 is 0 Å². The number of halogens is 2. The fraction of sp³-hybridized carbons (Fsp3) is 0.500. The third-order valence-electron chi connectivity index (χ3n) is 3.99. The van der Waals surface area contributed by atoms with Crippen LogP contribution in [0.2, 0.25) is 0 Å². The van der Waals surface area contributed by atoms with Crippen LogP contribution in [0, 0.1) is 5.82 Å². The van der Waals surface area contributed by atoms with Gasteiger partial charge in [0, 0.05) is 31.6 Å². The van der Waals surface area contributed by atoms with Crippen molar-refractivity contribution < 1.29 is 9.18 Å². The highest BCUT2D eigenvalue weighted by molar-refractivity contribution is 5.85. The van der Waals surface area contributed by atoms with E-state index in [0.717, 1.165) is 32.4 Å². The van der Waals surface area contributed by atoms with E-state index in [4.69, 9.17) is 0 Å². The van der Waals surface area contributed by atoms with Crippen molar-refractivity contribution in [2.45, 2.75) is 39.2 Å². The van der Waals surface area contributed by atoms with Crippen molar-refractivity contribution in [2.75, 3.05) is 19.6 Å². The first kappa shape index (κ1) is 19.7. The zero-order valence-corrected chi connectivity index (χ0v) is 14.5. The second kappa shape index (κ2) is 10.4. The molecule has 0 aliphatic carbocycles. The van der Waals surface area contributed by atoms with Gasteiger partial charge in [-0.25, -0.2) is 4.39 Å². The molecular weight excluding hydrogens is 315 g/mol. The first-order valence-corrected chi connectivity index (χ1v) is 8.10. The minimum Gasteiger partial charge on any atom is -0.338 e. The number of unbranched alkanes of at least 4 members (excludes halogenated alkanes) is 1. The van der Waals surface area contributed by atoms with E-state index in [-0.39, 0.29) is 24.1 Å². The molecule has 1 aromatic rings. The lowest BCUT2D eigenvalue weighted by atomic mass is 10.0. The molecule has 1 amide bonds. The second-order valence-corrected chi connectivity index (χ2v) is 5.75. The van der Waals surface area contributed by atoms with Crippen LogP contribution in [0.1, 0.15) is 38.2 Å². The Morgan fingerprint density at radius 2 is 2.13 bits per heavy atom. The summed E-state index contributed by atoms with van der Waals surface area (Å²) in [6, 6.07) is 6.70. The SMILES string of the molecule is CCCCN(Cc1ccccc1F)C(=O)CC1=CCNCC1.Cl. The van der Waals surface area contributed by atoms with Gasteiger partial charge in [0.25, 0.3) is 0 Å². The topological polar surface area (TPSA) is 32.3 Å². The van der Waals surface area contributed by atoms with Crippen LogP contribution < -0.4 is 5.32 Å². The van der Waals surface area contributed by atoms with Crippen LogP contribution in [0.3, 0.4) is 0 Å². The maximum atomic E-state index is 13.8. The quantitative estimate of drug-likeness (QED) is 0.768. The van der Waals surface area contributed by atoms with Gasteiger partial charge in [0.15, 0.2) is 0 Å². The van der Waals surface area contributed by atoms with Crippen molar-refractivity contribution in [1.82, 2.24) is 10.2 Å². The van der Waals surface area contributed by atoms with Crippen molar-refractivity contribution in [1.29, 1.82) is 0 Å². The van der Waals surface area contributed by atoms with Gasteiger partial charge in [0.05, 0.1) is 0 Å². The summed E-state index contributed by atoms with van der Waals surface area (Å²) >= 11 is 0.